The molecule has 1 N–H and O–H groups in total. The maximum absolute atomic E-state index is 13.0. The van der Waals surface area contributed by atoms with Crippen molar-refractivity contribution in [3.8, 4) is 0 Å². The largest absolute Gasteiger partial charge is 0.390 e. The first-order chi connectivity index (χ1) is 11.5. The highest BCUT2D eigenvalue weighted by Crippen LogP contribution is 2.41. The Balaban J connectivity index is 1.75. The van der Waals surface area contributed by atoms with E-state index in [1.54, 1.807) is 7.11 Å². The van der Waals surface area contributed by atoms with Crippen LogP contribution in [0.2, 0.25) is 0 Å². The van der Waals surface area contributed by atoms with E-state index in [-0.39, 0.29) is 17.9 Å². The van der Waals surface area contributed by atoms with Crippen molar-refractivity contribution in [1.82, 2.24) is 4.90 Å². The summed E-state index contributed by atoms with van der Waals surface area (Å²) < 4.78 is 5.12. The Bertz CT molecular complexity index is 567. The average molecular weight is 331 g/mol. The third kappa shape index (κ3) is 3.50. The van der Waals surface area contributed by atoms with Crippen LogP contribution in [0.15, 0.2) is 24.3 Å². The molecule has 2 fully saturated rings. The Morgan fingerprint density at radius 1 is 1.25 bits per heavy atom. The smallest absolute Gasteiger partial charge is 0.254 e. The minimum absolute atomic E-state index is 0.0999. The number of ether oxygens (including phenoxy) is 1. The first-order valence-corrected chi connectivity index (χ1v) is 9.14. The molecule has 0 radical (unpaired) electrons. The molecule has 1 saturated heterocycles. The van der Waals surface area contributed by atoms with Crippen molar-refractivity contribution in [3.05, 3.63) is 35.4 Å². The van der Waals surface area contributed by atoms with Gasteiger partial charge in [-0.15, -0.1) is 0 Å². The van der Waals surface area contributed by atoms with Crippen LogP contribution >= 0.6 is 0 Å². The maximum Gasteiger partial charge on any atom is 0.254 e. The molecule has 1 aromatic carbocycles. The van der Waals surface area contributed by atoms with Crippen molar-refractivity contribution in [2.75, 3.05) is 13.7 Å². The summed E-state index contributed by atoms with van der Waals surface area (Å²) in [5, 5.41) is 10.8. The van der Waals surface area contributed by atoms with E-state index in [4.69, 9.17) is 4.74 Å². The average Bonchev–Trinajstić information content (AvgIpc) is 3.04. The van der Waals surface area contributed by atoms with Crippen molar-refractivity contribution < 1.29 is 14.6 Å². The number of methoxy groups -OCH3 is 1. The minimum Gasteiger partial charge on any atom is -0.390 e. The Morgan fingerprint density at radius 2 is 2.00 bits per heavy atom. The Kier molecular flexibility index (Phi) is 5.26. The molecule has 1 heterocycles. The first kappa shape index (κ1) is 17.4. The molecular formula is C20H29NO3. The van der Waals surface area contributed by atoms with Gasteiger partial charge in [-0.25, -0.2) is 0 Å². The Labute approximate surface area is 144 Å². The van der Waals surface area contributed by atoms with E-state index >= 15 is 0 Å². The fourth-order valence-corrected chi connectivity index (χ4v) is 4.49. The molecule has 0 aromatic heterocycles. The zero-order valence-corrected chi connectivity index (χ0v) is 14.8. The summed E-state index contributed by atoms with van der Waals surface area (Å²) in [6.45, 7) is 3.32. The predicted molar refractivity (Wildman–Crippen MR) is 93.8 cm³/mol. The molecule has 3 rings (SSSR count). The number of hydrogen-bond acceptors (Lipinski definition) is 3. The van der Waals surface area contributed by atoms with Crippen molar-refractivity contribution in [2.45, 2.75) is 63.7 Å². The van der Waals surface area contributed by atoms with Crippen molar-refractivity contribution in [1.29, 1.82) is 0 Å². The molecule has 24 heavy (non-hydrogen) atoms. The van der Waals surface area contributed by atoms with Gasteiger partial charge in [0.05, 0.1) is 12.2 Å². The quantitative estimate of drug-likeness (QED) is 0.920. The van der Waals surface area contributed by atoms with Crippen LogP contribution in [-0.2, 0) is 11.3 Å². The highest BCUT2D eigenvalue weighted by Gasteiger charge is 2.44. The predicted octanol–water partition coefficient (Wildman–Crippen LogP) is 3.38. The fourth-order valence-electron chi connectivity index (χ4n) is 4.49. The number of carbonyl (C=O) groups is 1. The summed E-state index contributed by atoms with van der Waals surface area (Å²) in [6, 6.07) is 7.87. The second-order valence-electron chi connectivity index (χ2n) is 7.55. The molecule has 1 aliphatic carbocycles. The molecule has 4 nitrogen and oxygen atoms in total. The van der Waals surface area contributed by atoms with Gasteiger partial charge in [0.15, 0.2) is 0 Å². The summed E-state index contributed by atoms with van der Waals surface area (Å²) in [5.41, 5.74) is 1.16. The molecule has 3 atom stereocenters. The molecular weight excluding hydrogens is 302 g/mol. The van der Waals surface area contributed by atoms with Crippen LogP contribution in [0.4, 0.5) is 0 Å². The second-order valence-corrected chi connectivity index (χ2v) is 7.55. The number of nitrogens with zero attached hydrogens (tertiary/aromatic N) is 1. The minimum atomic E-state index is -0.645. The van der Waals surface area contributed by atoms with Gasteiger partial charge in [-0.05, 0) is 50.3 Å². The number of hydrogen-bond donors (Lipinski definition) is 1. The summed E-state index contributed by atoms with van der Waals surface area (Å²) in [6.07, 6.45) is 6.16. The molecule has 0 spiro atoms. The van der Waals surface area contributed by atoms with E-state index in [0.29, 0.717) is 6.61 Å². The van der Waals surface area contributed by atoms with Gasteiger partial charge in [-0.1, -0.05) is 25.0 Å². The van der Waals surface area contributed by atoms with Crippen LogP contribution in [0, 0.1) is 5.92 Å². The molecule has 4 heteroatoms. The highest BCUT2D eigenvalue weighted by atomic mass is 16.5. The SMILES string of the molecule is COCc1ccc(C(=O)N2CCC[C@@H]2[C@H]2CCCC[C@]2(C)O)cc1. The van der Waals surface area contributed by atoms with Gasteiger partial charge in [0.25, 0.3) is 5.91 Å². The van der Waals surface area contributed by atoms with Crippen LogP contribution in [0.25, 0.3) is 0 Å². The van der Waals surface area contributed by atoms with Crippen molar-refractivity contribution in [3.63, 3.8) is 0 Å². The van der Waals surface area contributed by atoms with Crippen LogP contribution in [0.3, 0.4) is 0 Å². The summed E-state index contributed by atoms with van der Waals surface area (Å²) in [4.78, 5) is 15.0. The number of rotatable bonds is 4. The van der Waals surface area contributed by atoms with Gasteiger partial charge < -0.3 is 14.7 Å². The lowest BCUT2D eigenvalue weighted by Gasteiger charge is -2.43. The normalized spacial score (nSPS) is 30.5. The molecule has 1 saturated carbocycles. The van der Waals surface area contributed by atoms with E-state index in [1.165, 1.54) is 0 Å². The number of aliphatic hydroxyl groups is 1. The Hall–Kier alpha value is -1.39. The first-order valence-electron chi connectivity index (χ1n) is 9.14. The molecule has 2 aliphatic rings. The second kappa shape index (κ2) is 7.24. The van der Waals surface area contributed by atoms with E-state index in [1.807, 2.05) is 36.1 Å². The van der Waals surface area contributed by atoms with Gasteiger partial charge in [0.1, 0.15) is 0 Å². The Morgan fingerprint density at radius 3 is 2.67 bits per heavy atom. The third-order valence-corrected chi connectivity index (χ3v) is 5.78. The van der Waals surface area contributed by atoms with Crippen LogP contribution < -0.4 is 0 Å². The fraction of sp³-hybridized carbons (Fsp3) is 0.650. The summed E-state index contributed by atoms with van der Waals surface area (Å²) >= 11 is 0. The summed E-state index contributed by atoms with van der Waals surface area (Å²) in [5.74, 6) is 0.299. The zero-order valence-electron chi connectivity index (χ0n) is 14.8. The topological polar surface area (TPSA) is 49.8 Å². The van der Waals surface area contributed by atoms with Crippen LogP contribution in [0.1, 0.15) is 61.4 Å². The van der Waals surface area contributed by atoms with Gasteiger partial charge in [0, 0.05) is 31.2 Å². The van der Waals surface area contributed by atoms with Crippen LogP contribution in [-0.4, -0.2) is 41.2 Å². The number of amides is 1. The van der Waals surface area contributed by atoms with Gasteiger partial charge in [0.2, 0.25) is 0 Å². The van der Waals surface area contributed by atoms with Gasteiger partial charge >= 0.3 is 0 Å². The lowest BCUT2D eigenvalue weighted by Crippen LogP contribution is -2.50. The lowest BCUT2D eigenvalue weighted by molar-refractivity contribution is -0.0577. The third-order valence-electron chi connectivity index (χ3n) is 5.78. The number of benzene rings is 1. The molecule has 1 aromatic rings. The highest BCUT2D eigenvalue weighted by molar-refractivity contribution is 5.94. The van der Waals surface area contributed by atoms with Crippen LogP contribution in [0.5, 0.6) is 0 Å². The maximum atomic E-state index is 13.0. The molecule has 1 aliphatic heterocycles. The van der Waals surface area contributed by atoms with E-state index in [9.17, 15) is 9.90 Å². The monoisotopic (exact) mass is 331 g/mol. The van der Waals surface area contributed by atoms with Gasteiger partial charge in [-0.2, -0.15) is 0 Å². The summed E-state index contributed by atoms with van der Waals surface area (Å²) in [7, 11) is 1.67. The van der Waals surface area contributed by atoms with E-state index in [0.717, 1.165) is 56.2 Å². The van der Waals surface area contributed by atoms with Gasteiger partial charge in [-0.3, -0.25) is 4.79 Å². The van der Waals surface area contributed by atoms with E-state index < -0.39 is 5.60 Å². The molecule has 0 bridgehead atoms. The molecule has 0 unspecified atom stereocenters. The standard InChI is InChI=1S/C20H29NO3/c1-20(23)12-4-3-6-17(20)18-7-5-13-21(18)19(22)16-10-8-15(9-11-16)14-24-2/h8-11,17-18,23H,3-7,12-14H2,1-2H3/t17-,18-,20+/m1/s1. The zero-order chi connectivity index (χ0) is 17.2. The van der Waals surface area contributed by atoms with Crippen molar-refractivity contribution >= 4 is 5.91 Å². The molecule has 1 amide bonds. The van der Waals surface area contributed by atoms with Crippen molar-refractivity contribution in [2.24, 2.45) is 5.92 Å². The molecule has 132 valence electrons. The number of carbonyl (C=O) groups excluding carboxylic acids is 1. The number of likely N-dealkylation sites (tertiary alicyclic amines) is 1. The van der Waals surface area contributed by atoms with E-state index in [2.05, 4.69) is 0 Å². The lowest BCUT2D eigenvalue weighted by atomic mass is 9.72.